The number of benzene rings is 3. The lowest BCUT2D eigenvalue weighted by Gasteiger charge is -2.26. The summed E-state index contributed by atoms with van der Waals surface area (Å²) >= 11 is 0. The Morgan fingerprint density at radius 1 is 0.927 bits per heavy atom. The summed E-state index contributed by atoms with van der Waals surface area (Å²) in [5, 5.41) is 13.3. The van der Waals surface area contributed by atoms with E-state index in [-0.39, 0.29) is 16.8 Å². The predicted molar refractivity (Wildman–Crippen MR) is 162 cm³/mol. The van der Waals surface area contributed by atoms with Gasteiger partial charge in [0.05, 0.1) is 29.1 Å². The van der Waals surface area contributed by atoms with Gasteiger partial charge in [-0.2, -0.15) is 0 Å². The van der Waals surface area contributed by atoms with E-state index in [1.807, 2.05) is 67.5 Å². The highest BCUT2D eigenvalue weighted by Gasteiger charge is 2.23. The van der Waals surface area contributed by atoms with Crippen molar-refractivity contribution in [2.75, 3.05) is 31.2 Å². The Labute approximate surface area is 241 Å². The molecule has 216 valence electrons. The van der Waals surface area contributed by atoms with Crippen molar-refractivity contribution < 1.29 is 18.3 Å². The van der Waals surface area contributed by atoms with Crippen molar-refractivity contribution in [3.8, 4) is 5.75 Å². The molecule has 5 rings (SSSR count). The van der Waals surface area contributed by atoms with E-state index in [0.29, 0.717) is 35.1 Å². The monoisotopic (exact) mass is 575 g/mol. The van der Waals surface area contributed by atoms with Crippen LogP contribution in [0.1, 0.15) is 36.8 Å². The quantitative estimate of drug-likeness (QED) is 0.232. The van der Waals surface area contributed by atoms with Crippen LogP contribution in [0.5, 0.6) is 5.75 Å². The molecule has 1 aliphatic rings. The van der Waals surface area contributed by atoms with Crippen LogP contribution in [0.4, 0.5) is 17.3 Å². The van der Waals surface area contributed by atoms with E-state index in [2.05, 4.69) is 15.0 Å². The zero-order valence-corrected chi connectivity index (χ0v) is 24.5. The normalized spacial score (nSPS) is 17.5. The highest BCUT2D eigenvalue weighted by Crippen LogP contribution is 2.34. The van der Waals surface area contributed by atoms with Crippen LogP contribution in [0.3, 0.4) is 0 Å². The van der Waals surface area contributed by atoms with Crippen molar-refractivity contribution >= 4 is 38.4 Å². The van der Waals surface area contributed by atoms with Crippen LogP contribution in [0, 0.1) is 5.92 Å². The number of methoxy groups -OCH3 is 1. The van der Waals surface area contributed by atoms with Crippen molar-refractivity contribution in [3.05, 3.63) is 77.9 Å². The minimum Gasteiger partial charge on any atom is -0.497 e. The minimum atomic E-state index is -3.95. The summed E-state index contributed by atoms with van der Waals surface area (Å²) in [6.45, 7) is 0.711. The van der Waals surface area contributed by atoms with Gasteiger partial charge in [0.2, 0.25) is 0 Å². The molecule has 0 unspecified atom stereocenters. The van der Waals surface area contributed by atoms with Crippen molar-refractivity contribution in [2.45, 2.75) is 49.6 Å². The van der Waals surface area contributed by atoms with E-state index in [4.69, 9.17) is 9.72 Å². The van der Waals surface area contributed by atoms with Gasteiger partial charge in [0.15, 0.2) is 11.6 Å². The highest BCUT2D eigenvalue weighted by atomic mass is 32.2. The summed E-state index contributed by atoms with van der Waals surface area (Å²) in [5.74, 6) is 1.52. The van der Waals surface area contributed by atoms with Gasteiger partial charge in [0.1, 0.15) is 5.75 Å². The van der Waals surface area contributed by atoms with Crippen molar-refractivity contribution in [3.63, 3.8) is 0 Å². The van der Waals surface area contributed by atoms with Gasteiger partial charge in [-0.1, -0.05) is 30.3 Å². The number of para-hydroxylation sites is 2. The molecule has 1 aromatic heterocycles. The van der Waals surface area contributed by atoms with Crippen LogP contribution in [-0.2, 0) is 23.0 Å². The van der Waals surface area contributed by atoms with Gasteiger partial charge in [-0.3, -0.25) is 4.72 Å². The van der Waals surface area contributed by atoms with E-state index in [0.717, 1.165) is 48.9 Å². The SMILES string of the molecule is COc1ccc(CC2CCC(O)CC2)c(Nc2nc3ccccc3nc2NS(=O)(=O)c2ccc(CN(C)C)cc2)c1. The molecule has 0 aliphatic heterocycles. The smallest absolute Gasteiger partial charge is 0.263 e. The van der Waals surface area contributed by atoms with Crippen LogP contribution in [0.15, 0.2) is 71.6 Å². The first-order valence-electron chi connectivity index (χ1n) is 13.9. The van der Waals surface area contributed by atoms with Crippen LogP contribution in [-0.4, -0.2) is 55.7 Å². The van der Waals surface area contributed by atoms with Gasteiger partial charge in [-0.25, -0.2) is 18.4 Å². The second-order valence-corrected chi connectivity index (χ2v) is 12.6. The molecule has 0 bridgehead atoms. The molecule has 3 aromatic carbocycles. The average molecular weight is 576 g/mol. The van der Waals surface area contributed by atoms with E-state index in [1.54, 1.807) is 25.3 Å². The maximum atomic E-state index is 13.5. The lowest BCUT2D eigenvalue weighted by Crippen LogP contribution is -2.20. The second-order valence-electron chi connectivity index (χ2n) is 10.9. The molecule has 41 heavy (non-hydrogen) atoms. The number of ether oxygens (including phenoxy) is 1. The zero-order chi connectivity index (χ0) is 29.0. The lowest BCUT2D eigenvalue weighted by molar-refractivity contribution is 0.109. The molecule has 3 N–H and O–H groups in total. The molecule has 10 heteroatoms. The number of anilines is 3. The highest BCUT2D eigenvalue weighted by molar-refractivity contribution is 7.92. The number of sulfonamides is 1. The molecule has 1 fully saturated rings. The van der Waals surface area contributed by atoms with E-state index in [1.165, 1.54) is 0 Å². The van der Waals surface area contributed by atoms with E-state index in [9.17, 15) is 13.5 Å². The lowest BCUT2D eigenvalue weighted by atomic mass is 9.83. The molecular weight excluding hydrogens is 538 g/mol. The van der Waals surface area contributed by atoms with Gasteiger partial charge in [0.25, 0.3) is 10.0 Å². The van der Waals surface area contributed by atoms with Crippen LogP contribution in [0.2, 0.25) is 0 Å². The third-order valence-electron chi connectivity index (χ3n) is 7.43. The summed E-state index contributed by atoms with van der Waals surface area (Å²) in [6.07, 6.45) is 4.14. The number of nitrogens with zero attached hydrogens (tertiary/aromatic N) is 3. The van der Waals surface area contributed by atoms with Gasteiger partial charge in [-0.05, 0) is 93.6 Å². The standard InChI is InChI=1S/C31H37N5O4S/c1-36(2)20-22-10-16-26(17-11-22)41(38,39)35-31-30(32-27-6-4-5-7-28(27)33-31)34-29-19-25(40-3)15-12-23(29)18-21-8-13-24(37)14-9-21/h4-7,10-12,15-17,19,21,24,37H,8-9,13-14,18,20H2,1-3H3,(H,32,34)(H,33,35). The van der Waals surface area contributed by atoms with Gasteiger partial charge < -0.3 is 20.1 Å². The largest absolute Gasteiger partial charge is 0.497 e. The van der Waals surface area contributed by atoms with Crippen molar-refractivity contribution in [1.82, 2.24) is 14.9 Å². The number of aliphatic hydroxyl groups excluding tert-OH is 1. The Kier molecular flexibility index (Phi) is 8.72. The fourth-order valence-corrected chi connectivity index (χ4v) is 6.26. The number of rotatable bonds is 10. The van der Waals surface area contributed by atoms with Crippen molar-refractivity contribution in [1.29, 1.82) is 0 Å². The molecule has 4 aromatic rings. The zero-order valence-electron chi connectivity index (χ0n) is 23.7. The van der Waals surface area contributed by atoms with E-state index >= 15 is 0 Å². The summed E-state index contributed by atoms with van der Waals surface area (Å²) in [5.41, 5.74) is 4.06. The molecule has 0 saturated heterocycles. The summed E-state index contributed by atoms with van der Waals surface area (Å²) < 4.78 is 35.1. The Morgan fingerprint density at radius 2 is 1.59 bits per heavy atom. The van der Waals surface area contributed by atoms with Crippen LogP contribution in [0.25, 0.3) is 11.0 Å². The molecule has 0 atom stereocenters. The Hall–Kier alpha value is -3.73. The van der Waals surface area contributed by atoms with Gasteiger partial charge in [0, 0.05) is 18.3 Å². The molecule has 0 amide bonds. The maximum Gasteiger partial charge on any atom is 0.263 e. The molecule has 9 nitrogen and oxygen atoms in total. The van der Waals surface area contributed by atoms with Crippen molar-refractivity contribution in [2.24, 2.45) is 5.92 Å². The third kappa shape index (κ3) is 7.13. The number of nitrogens with one attached hydrogen (secondary N) is 2. The third-order valence-corrected chi connectivity index (χ3v) is 8.78. The van der Waals surface area contributed by atoms with Gasteiger partial charge >= 0.3 is 0 Å². The number of fused-ring (bicyclic) bond motifs is 1. The Balaban J connectivity index is 1.49. The molecular formula is C31H37N5O4S. The first-order chi connectivity index (χ1) is 19.7. The van der Waals surface area contributed by atoms with Crippen LogP contribution < -0.4 is 14.8 Å². The summed E-state index contributed by atoms with van der Waals surface area (Å²) in [4.78, 5) is 11.6. The van der Waals surface area contributed by atoms with E-state index < -0.39 is 10.0 Å². The number of aliphatic hydroxyl groups is 1. The number of hydrogen-bond donors (Lipinski definition) is 3. The first kappa shape index (κ1) is 28.8. The second kappa shape index (κ2) is 12.4. The van der Waals surface area contributed by atoms with Gasteiger partial charge in [-0.15, -0.1) is 0 Å². The van der Waals surface area contributed by atoms with Crippen LogP contribution >= 0.6 is 0 Å². The Morgan fingerprint density at radius 3 is 2.22 bits per heavy atom. The fraction of sp³-hybridized carbons (Fsp3) is 0.355. The Bertz CT molecular complexity index is 1600. The number of hydrogen-bond acceptors (Lipinski definition) is 8. The maximum absolute atomic E-state index is 13.5. The topological polar surface area (TPSA) is 117 Å². The minimum absolute atomic E-state index is 0.107. The summed E-state index contributed by atoms with van der Waals surface area (Å²) in [6, 6.07) is 20.0. The first-order valence-corrected chi connectivity index (χ1v) is 15.3. The average Bonchev–Trinajstić information content (AvgIpc) is 2.95. The molecule has 1 saturated carbocycles. The fourth-order valence-electron chi connectivity index (χ4n) is 5.25. The molecule has 0 radical (unpaired) electrons. The molecule has 1 heterocycles. The molecule has 0 spiro atoms. The predicted octanol–water partition coefficient (Wildman–Crippen LogP) is 5.34. The number of aromatic nitrogens is 2. The molecule has 1 aliphatic carbocycles. The summed E-state index contributed by atoms with van der Waals surface area (Å²) in [7, 11) is 1.59.